The van der Waals surface area contributed by atoms with E-state index in [1.165, 1.54) is 11.1 Å². The number of thiazole rings is 1. The van der Waals surface area contributed by atoms with E-state index in [1.807, 2.05) is 6.92 Å². The van der Waals surface area contributed by atoms with E-state index in [0.29, 0.717) is 6.54 Å². The molecule has 0 atom stereocenters. The van der Waals surface area contributed by atoms with E-state index in [4.69, 9.17) is 5.73 Å². The Kier molecular flexibility index (Phi) is 3.08. The predicted octanol–water partition coefficient (Wildman–Crippen LogP) is 2.62. The molecule has 0 aliphatic heterocycles. The highest BCUT2D eigenvalue weighted by molar-refractivity contribution is 7.09. The standard InChI is InChI=1S/C14H16N4S/c1-9-3-4-12-13(5-9)18(10(2)16-12)7-11-8-19-14(6-15)17-11/h3-5,8H,6-7,15H2,1-2H3. The first kappa shape index (κ1) is 12.3. The van der Waals surface area contributed by atoms with Gasteiger partial charge >= 0.3 is 0 Å². The molecule has 2 heterocycles. The molecular weight excluding hydrogens is 256 g/mol. The molecule has 0 saturated heterocycles. The Labute approximate surface area is 115 Å². The molecule has 0 radical (unpaired) electrons. The number of aryl methyl sites for hydroxylation is 2. The third-order valence-electron chi connectivity index (χ3n) is 3.19. The average molecular weight is 272 g/mol. The van der Waals surface area contributed by atoms with Gasteiger partial charge in [-0.2, -0.15) is 0 Å². The highest BCUT2D eigenvalue weighted by Gasteiger charge is 2.09. The van der Waals surface area contributed by atoms with Gasteiger partial charge in [-0.1, -0.05) is 6.07 Å². The molecule has 0 aliphatic rings. The molecule has 0 spiro atoms. The van der Waals surface area contributed by atoms with Crippen LogP contribution in [0, 0.1) is 13.8 Å². The van der Waals surface area contributed by atoms with E-state index < -0.39 is 0 Å². The second-order valence-electron chi connectivity index (χ2n) is 4.67. The minimum Gasteiger partial charge on any atom is -0.325 e. The predicted molar refractivity (Wildman–Crippen MR) is 78.3 cm³/mol. The zero-order chi connectivity index (χ0) is 13.4. The first-order valence-corrected chi connectivity index (χ1v) is 7.12. The summed E-state index contributed by atoms with van der Waals surface area (Å²) in [6, 6.07) is 6.33. The van der Waals surface area contributed by atoms with Crippen LogP contribution in [-0.4, -0.2) is 14.5 Å². The Morgan fingerprint density at radius 2 is 2.11 bits per heavy atom. The SMILES string of the molecule is Cc1ccc2nc(C)n(Cc3csc(CN)n3)c2c1. The number of hydrogen-bond acceptors (Lipinski definition) is 4. The molecule has 0 fully saturated rings. The van der Waals surface area contributed by atoms with Gasteiger partial charge in [-0.15, -0.1) is 11.3 Å². The third-order valence-corrected chi connectivity index (χ3v) is 4.11. The lowest BCUT2D eigenvalue weighted by atomic mass is 10.2. The van der Waals surface area contributed by atoms with Gasteiger partial charge in [-0.3, -0.25) is 0 Å². The Hall–Kier alpha value is -1.72. The van der Waals surface area contributed by atoms with Crippen LogP contribution in [0.2, 0.25) is 0 Å². The number of hydrogen-bond donors (Lipinski definition) is 1. The molecule has 0 bridgehead atoms. The minimum absolute atomic E-state index is 0.507. The summed E-state index contributed by atoms with van der Waals surface area (Å²) in [4.78, 5) is 9.11. The van der Waals surface area contributed by atoms with Crippen LogP contribution >= 0.6 is 11.3 Å². The van der Waals surface area contributed by atoms with Crippen molar-refractivity contribution in [3.63, 3.8) is 0 Å². The molecule has 4 nitrogen and oxygen atoms in total. The van der Waals surface area contributed by atoms with Crippen LogP contribution in [0.5, 0.6) is 0 Å². The molecule has 19 heavy (non-hydrogen) atoms. The Bertz CT molecular complexity index is 726. The topological polar surface area (TPSA) is 56.7 Å². The van der Waals surface area contributed by atoms with Crippen LogP contribution in [-0.2, 0) is 13.1 Å². The van der Waals surface area contributed by atoms with Crippen LogP contribution in [0.1, 0.15) is 22.1 Å². The van der Waals surface area contributed by atoms with Crippen molar-refractivity contribution in [3.05, 3.63) is 45.7 Å². The summed E-state index contributed by atoms with van der Waals surface area (Å²) < 4.78 is 2.21. The van der Waals surface area contributed by atoms with Crippen LogP contribution in [0.4, 0.5) is 0 Å². The molecular formula is C14H16N4S. The summed E-state index contributed by atoms with van der Waals surface area (Å²) in [6.07, 6.45) is 0. The lowest BCUT2D eigenvalue weighted by molar-refractivity contribution is 0.764. The van der Waals surface area contributed by atoms with Gasteiger partial charge in [0, 0.05) is 11.9 Å². The van der Waals surface area contributed by atoms with Crippen LogP contribution in [0.15, 0.2) is 23.6 Å². The fraction of sp³-hybridized carbons (Fsp3) is 0.286. The molecule has 2 N–H and O–H groups in total. The van der Waals surface area contributed by atoms with Crippen molar-refractivity contribution in [1.29, 1.82) is 0 Å². The lowest BCUT2D eigenvalue weighted by Crippen LogP contribution is -2.03. The van der Waals surface area contributed by atoms with Crippen LogP contribution in [0.25, 0.3) is 11.0 Å². The molecule has 0 saturated carbocycles. The Balaban J connectivity index is 2.04. The van der Waals surface area contributed by atoms with Crippen molar-refractivity contribution in [1.82, 2.24) is 14.5 Å². The summed E-state index contributed by atoms with van der Waals surface area (Å²) in [5.74, 6) is 1.02. The molecule has 98 valence electrons. The van der Waals surface area contributed by atoms with Crippen LogP contribution in [0.3, 0.4) is 0 Å². The number of fused-ring (bicyclic) bond motifs is 1. The number of benzene rings is 1. The Morgan fingerprint density at radius 1 is 1.26 bits per heavy atom. The van der Waals surface area contributed by atoms with Gasteiger partial charge in [-0.05, 0) is 31.5 Å². The van der Waals surface area contributed by atoms with Gasteiger partial charge in [0.2, 0.25) is 0 Å². The number of aromatic nitrogens is 3. The lowest BCUT2D eigenvalue weighted by Gasteiger charge is -2.04. The third kappa shape index (κ3) is 2.27. The van der Waals surface area contributed by atoms with Gasteiger partial charge < -0.3 is 10.3 Å². The van der Waals surface area contributed by atoms with E-state index in [0.717, 1.165) is 28.6 Å². The summed E-state index contributed by atoms with van der Waals surface area (Å²) in [5, 5.41) is 3.05. The quantitative estimate of drug-likeness (QED) is 0.797. The molecule has 5 heteroatoms. The van der Waals surface area contributed by atoms with E-state index >= 15 is 0 Å². The van der Waals surface area contributed by atoms with Crippen molar-refractivity contribution in [3.8, 4) is 0 Å². The largest absolute Gasteiger partial charge is 0.325 e. The fourth-order valence-corrected chi connectivity index (χ4v) is 2.90. The summed E-state index contributed by atoms with van der Waals surface area (Å²) in [6.45, 7) is 5.39. The van der Waals surface area contributed by atoms with E-state index in [1.54, 1.807) is 11.3 Å². The number of nitrogens with zero attached hydrogens (tertiary/aromatic N) is 3. The van der Waals surface area contributed by atoms with Crippen molar-refractivity contribution < 1.29 is 0 Å². The second kappa shape index (κ2) is 4.75. The number of rotatable bonds is 3. The normalized spacial score (nSPS) is 11.3. The molecule has 3 aromatic rings. The molecule has 0 unspecified atom stereocenters. The van der Waals surface area contributed by atoms with E-state index in [9.17, 15) is 0 Å². The molecule has 2 aromatic heterocycles. The summed E-state index contributed by atoms with van der Waals surface area (Å²) >= 11 is 1.62. The second-order valence-corrected chi connectivity index (χ2v) is 5.62. The number of nitrogens with two attached hydrogens (primary N) is 1. The van der Waals surface area contributed by atoms with Gasteiger partial charge in [0.05, 0.1) is 23.3 Å². The van der Waals surface area contributed by atoms with Crippen molar-refractivity contribution in [2.45, 2.75) is 26.9 Å². The highest BCUT2D eigenvalue weighted by atomic mass is 32.1. The zero-order valence-corrected chi connectivity index (χ0v) is 11.9. The van der Waals surface area contributed by atoms with Gasteiger partial charge in [-0.25, -0.2) is 9.97 Å². The average Bonchev–Trinajstić information content (AvgIpc) is 2.96. The number of imidazole rings is 1. The van der Waals surface area contributed by atoms with Gasteiger partial charge in [0.1, 0.15) is 10.8 Å². The van der Waals surface area contributed by atoms with Crippen molar-refractivity contribution in [2.75, 3.05) is 0 Å². The van der Waals surface area contributed by atoms with Crippen molar-refractivity contribution >= 4 is 22.4 Å². The molecule has 1 aromatic carbocycles. The summed E-state index contributed by atoms with van der Waals surface area (Å²) in [7, 11) is 0. The first-order valence-electron chi connectivity index (χ1n) is 6.24. The zero-order valence-electron chi connectivity index (χ0n) is 11.1. The minimum atomic E-state index is 0.507. The van der Waals surface area contributed by atoms with Crippen LogP contribution < -0.4 is 5.73 Å². The maximum atomic E-state index is 5.61. The fourth-order valence-electron chi connectivity index (χ4n) is 2.23. The van der Waals surface area contributed by atoms with Crippen molar-refractivity contribution in [2.24, 2.45) is 5.73 Å². The molecule has 0 amide bonds. The monoisotopic (exact) mass is 272 g/mol. The van der Waals surface area contributed by atoms with Gasteiger partial charge in [0.15, 0.2) is 0 Å². The molecule has 0 aliphatic carbocycles. The Morgan fingerprint density at radius 3 is 2.84 bits per heavy atom. The molecule has 3 rings (SSSR count). The smallest absolute Gasteiger partial charge is 0.107 e. The maximum Gasteiger partial charge on any atom is 0.107 e. The maximum absolute atomic E-state index is 5.61. The van der Waals surface area contributed by atoms with E-state index in [2.05, 4.69) is 45.0 Å². The highest BCUT2D eigenvalue weighted by Crippen LogP contribution is 2.19. The summed E-state index contributed by atoms with van der Waals surface area (Å²) in [5.41, 5.74) is 10.1. The van der Waals surface area contributed by atoms with Gasteiger partial charge in [0.25, 0.3) is 0 Å². The first-order chi connectivity index (χ1) is 9.17. The van der Waals surface area contributed by atoms with E-state index in [-0.39, 0.29) is 0 Å².